The predicted molar refractivity (Wildman–Crippen MR) is 124 cm³/mol. The van der Waals surface area contributed by atoms with Crippen LogP contribution < -0.4 is 14.8 Å². The van der Waals surface area contributed by atoms with Crippen molar-refractivity contribution in [1.82, 2.24) is 4.72 Å². The fourth-order valence-electron chi connectivity index (χ4n) is 3.03. The Morgan fingerprint density at radius 1 is 1.09 bits per heavy atom. The molecule has 0 bridgehead atoms. The van der Waals surface area contributed by atoms with Gasteiger partial charge in [0.2, 0.25) is 15.9 Å². The first kappa shape index (κ1) is 24.2. The van der Waals surface area contributed by atoms with Crippen molar-refractivity contribution < 1.29 is 22.9 Å². The molecule has 0 aromatic heterocycles. The van der Waals surface area contributed by atoms with Crippen molar-refractivity contribution in [2.24, 2.45) is 0 Å². The largest absolute Gasteiger partial charge is 0.495 e. The summed E-state index contributed by atoms with van der Waals surface area (Å²) in [7, 11) is -2.74. The normalized spacial score (nSPS) is 12.1. The first-order chi connectivity index (χ1) is 15.7. The molecular formula is C22H20ClN3O6S. The van der Waals surface area contributed by atoms with Crippen molar-refractivity contribution >= 4 is 38.9 Å². The van der Waals surface area contributed by atoms with Gasteiger partial charge in [-0.3, -0.25) is 14.9 Å². The number of amides is 1. The Bertz CT molecular complexity index is 1270. The monoisotopic (exact) mass is 489 g/mol. The van der Waals surface area contributed by atoms with Crippen LogP contribution in [0.4, 0.5) is 11.4 Å². The molecule has 0 fully saturated rings. The number of anilines is 1. The quantitative estimate of drug-likeness (QED) is 0.347. The number of nitro benzene ring substituents is 1. The number of nitrogens with zero attached hydrogens (tertiary/aromatic N) is 1. The van der Waals surface area contributed by atoms with Gasteiger partial charge in [0.1, 0.15) is 11.8 Å². The number of benzene rings is 3. The van der Waals surface area contributed by atoms with Crippen LogP contribution in [0.5, 0.6) is 5.75 Å². The zero-order chi connectivity index (χ0) is 24.0. The number of hydrogen-bond donors (Lipinski definition) is 2. The minimum atomic E-state index is -4.15. The third-order valence-electron chi connectivity index (χ3n) is 4.65. The highest BCUT2D eigenvalue weighted by Gasteiger charge is 2.27. The third-order valence-corrected chi connectivity index (χ3v) is 6.42. The summed E-state index contributed by atoms with van der Waals surface area (Å²) in [5.41, 5.74) is 0.673. The number of carbonyl (C=O) groups is 1. The van der Waals surface area contributed by atoms with Gasteiger partial charge in [0.05, 0.1) is 22.0 Å². The second-order valence-electron chi connectivity index (χ2n) is 6.96. The second-order valence-corrected chi connectivity index (χ2v) is 9.08. The molecule has 2 N–H and O–H groups in total. The molecule has 3 aromatic carbocycles. The second kappa shape index (κ2) is 10.4. The van der Waals surface area contributed by atoms with Crippen molar-refractivity contribution in [2.45, 2.75) is 17.4 Å². The lowest BCUT2D eigenvalue weighted by molar-refractivity contribution is -0.384. The molecule has 0 spiro atoms. The molecular weight excluding hydrogens is 470 g/mol. The van der Waals surface area contributed by atoms with E-state index >= 15 is 0 Å². The fourth-order valence-corrected chi connectivity index (χ4v) is 4.58. The van der Waals surface area contributed by atoms with Crippen LogP contribution >= 0.6 is 11.6 Å². The van der Waals surface area contributed by atoms with Gasteiger partial charge in [-0.1, -0.05) is 48.0 Å². The van der Waals surface area contributed by atoms with Crippen LogP contribution in [0.3, 0.4) is 0 Å². The molecule has 1 unspecified atom stereocenters. The molecule has 3 rings (SSSR count). The zero-order valence-corrected chi connectivity index (χ0v) is 19.0. The van der Waals surface area contributed by atoms with E-state index in [9.17, 15) is 23.3 Å². The number of rotatable bonds is 9. The number of ether oxygens (including phenoxy) is 1. The standard InChI is InChI=1S/C22H20ClN3O6S/c1-32-21-11-10-18(14-19(21)23)33(30,31)25-20(12-15-6-3-2-4-7-15)22(27)24-16-8-5-9-17(13-16)26(28)29/h2-11,13-14,20,25H,12H2,1H3,(H,24,27). The van der Waals surface area contributed by atoms with E-state index in [1.165, 1.54) is 49.6 Å². The van der Waals surface area contributed by atoms with Crippen LogP contribution in [0, 0.1) is 10.1 Å². The Kier molecular flexibility index (Phi) is 7.64. The van der Waals surface area contributed by atoms with Gasteiger partial charge in [0, 0.05) is 17.8 Å². The first-order valence-electron chi connectivity index (χ1n) is 9.65. The van der Waals surface area contributed by atoms with Gasteiger partial charge in [0.25, 0.3) is 5.69 Å². The van der Waals surface area contributed by atoms with Crippen molar-refractivity contribution in [1.29, 1.82) is 0 Å². The van der Waals surface area contributed by atoms with Gasteiger partial charge in [0.15, 0.2) is 0 Å². The van der Waals surface area contributed by atoms with Crippen LogP contribution in [0.25, 0.3) is 0 Å². The van der Waals surface area contributed by atoms with Gasteiger partial charge in [-0.15, -0.1) is 0 Å². The Hall–Kier alpha value is -3.47. The lowest BCUT2D eigenvalue weighted by Gasteiger charge is -2.19. The molecule has 172 valence electrons. The molecule has 1 atom stereocenters. The summed E-state index contributed by atoms with van der Waals surface area (Å²) in [5, 5.41) is 13.7. The number of non-ortho nitro benzene ring substituents is 1. The highest BCUT2D eigenvalue weighted by Crippen LogP contribution is 2.27. The molecule has 0 saturated heterocycles. The third kappa shape index (κ3) is 6.28. The van der Waals surface area contributed by atoms with Crippen molar-refractivity contribution in [3.05, 3.63) is 93.5 Å². The maximum Gasteiger partial charge on any atom is 0.271 e. The van der Waals surface area contributed by atoms with E-state index in [4.69, 9.17) is 16.3 Å². The average molecular weight is 490 g/mol. The number of methoxy groups -OCH3 is 1. The van der Waals surface area contributed by atoms with E-state index in [2.05, 4.69) is 10.0 Å². The fraction of sp³-hybridized carbons (Fsp3) is 0.136. The number of sulfonamides is 1. The summed E-state index contributed by atoms with van der Waals surface area (Å²) in [4.78, 5) is 23.3. The SMILES string of the molecule is COc1ccc(S(=O)(=O)NC(Cc2ccccc2)C(=O)Nc2cccc([N+](=O)[O-])c2)cc1Cl. The Morgan fingerprint density at radius 2 is 1.82 bits per heavy atom. The summed E-state index contributed by atoms with van der Waals surface area (Å²) >= 11 is 6.06. The highest BCUT2D eigenvalue weighted by molar-refractivity contribution is 7.89. The van der Waals surface area contributed by atoms with Gasteiger partial charge in [-0.05, 0) is 36.2 Å². The highest BCUT2D eigenvalue weighted by atomic mass is 35.5. The Labute approximate surface area is 195 Å². The number of nitrogens with one attached hydrogen (secondary N) is 2. The van der Waals surface area contributed by atoms with Crippen LogP contribution in [-0.4, -0.2) is 32.4 Å². The number of nitro groups is 1. The number of carbonyl (C=O) groups excluding carboxylic acids is 1. The molecule has 0 aliphatic heterocycles. The molecule has 0 aliphatic rings. The molecule has 33 heavy (non-hydrogen) atoms. The van der Waals surface area contributed by atoms with Crippen molar-refractivity contribution in [3.8, 4) is 5.75 Å². The van der Waals surface area contributed by atoms with Crippen LogP contribution in [0.1, 0.15) is 5.56 Å². The first-order valence-corrected chi connectivity index (χ1v) is 11.5. The van der Waals surface area contributed by atoms with Crippen molar-refractivity contribution in [3.63, 3.8) is 0 Å². The summed E-state index contributed by atoms with van der Waals surface area (Å²) in [6.07, 6.45) is 0.0463. The molecule has 0 radical (unpaired) electrons. The Balaban J connectivity index is 1.89. The zero-order valence-electron chi connectivity index (χ0n) is 17.4. The lowest BCUT2D eigenvalue weighted by Crippen LogP contribution is -2.45. The molecule has 0 aliphatic carbocycles. The molecule has 3 aromatic rings. The molecule has 9 nitrogen and oxygen atoms in total. The molecule has 1 amide bonds. The van der Waals surface area contributed by atoms with E-state index < -0.39 is 26.9 Å². The topological polar surface area (TPSA) is 128 Å². The predicted octanol–water partition coefficient (Wildman–Crippen LogP) is 3.79. The van der Waals surface area contributed by atoms with E-state index in [0.29, 0.717) is 11.3 Å². The minimum absolute atomic E-state index is 0.0463. The van der Waals surface area contributed by atoms with E-state index in [-0.39, 0.29) is 27.7 Å². The number of hydrogen-bond acceptors (Lipinski definition) is 6. The van der Waals surface area contributed by atoms with Crippen LogP contribution in [0.2, 0.25) is 5.02 Å². The molecule has 0 heterocycles. The maximum atomic E-state index is 13.0. The molecule has 11 heteroatoms. The van der Waals surface area contributed by atoms with Crippen molar-refractivity contribution in [2.75, 3.05) is 12.4 Å². The van der Waals surface area contributed by atoms with Gasteiger partial charge in [-0.25, -0.2) is 8.42 Å². The van der Waals surface area contributed by atoms with E-state index in [0.717, 1.165) is 0 Å². The lowest BCUT2D eigenvalue weighted by atomic mass is 10.1. The summed E-state index contributed by atoms with van der Waals surface area (Å²) < 4.78 is 33.5. The van der Waals surface area contributed by atoms with Crippen LogP contribution in [0.15, 0.2) is 77.7 Å². The maximum absolute atomic E-state index is 13.0. The van der Waals surface area contributed by atoms with Gasteiger partial charge < -0.3 is 10.1 Å². The summed E-state index contributed by atoms with van der Waals surface area (Å²) in [5.74, 6) is -0.373. The van der Waals surface area contributed by atoms with E-state index in [1.54, 1.807) is 30.3 Å². The van der Waals surface area contributed by atoms with Crippen LogP contribution in [-0.2, 0) is 21.2 Å². The van der Waals surface area contributed by atoms with Gasteiger partial charge >= 0.3 is 0 Å². The summed E-state index contributed by atoms with van der Waals surface area (Å²) in [6, 6.07) is 16.9. The Morgan fingerprint density at radius 3 is 2.45 bits per heavy atom. The van der Waals surface area contributed by atoms with Gasteiger partial charge in [-0.2, -0.15) is 4.72 Å². The number of halogens is 1. The molecule has 0 saturated carbocycles. The minimum Gasteiger partial charge on any atom is -0.495 e. The summed E-state index contributed by atoms with van der Waals surface area (Å²) in [6.45, 7) is 0. The van der Waals surface area contributed by atoms with E-state index in [1.807, 2.05) is 0 Å². The average Bonchev–Trinajstić information content (AvgIpc) is 2.79. The smallest absolute Gasteiger partial charge is 0.271 e.